The second-order valence-corrected chi connectivity index (χ2v) is 14.6. The highest BCUT2D eigenvalue weighted by Crippen LogP contribution is 2.64. The fourth-order valence-electron chi connectivity index (χ4n) is 10.1. The summed E-state index contributed by atoms with van der Waals surface area (Å²) in [6.07, 6.45) is 9.24. The van der Waals surface area contributed by atoms with E-state index in [1.165, 1.54) is 0 Å². The molecule has 2 saturated carbocycles. The number of fused-ring (bicyclic) bond motifs is 4. The lowest BCUT2D eigenvalue weighted by molar-refractivity contribution is -0.144. The number of imide groups is 1. The van der Waals surface area contributed by atoms with E-state index in [-0.39, 0.29) is 41.1 Å². The zero-order chi connectivity index (χ0) is 33.3. The molecule has 244 valence electrons. The largest absolute Gasteiger partial charge is 0.507 e. The smallest absolute Gasteiger partial charge is 0.233 e. The molecule has 3 aromatic rings. The molecular weight excluding hydrogens is 598 g/mol. The molecule has 1 heterocycles. The van der Waals surface area contributed by atoms with E-state index in [4.69, 9.17) is 0 Å². The maximum absolute atomic E-state index is 15.1. The van der Waals surface area contributed by atoms with Crippen molar-refractivity contribution in [3.05, 3.63) is 118 Å². The number of aromatic hydroxyl groups is 1. The molecule has 6 atom stereocenters. The fraction of sp³-hybridized carbons (Fsp3) is 0.381. The number of hydrogen-bond acceptors (Lipinski definition) is 5. The van der Waals surface area contributed by atoms with Crippen LogP contribution in [0.2, 0.25) is 0 Å². The number of ketones is 2. The molecule has 3 aromatic carbocycles. The Morgan fingerprint density at radius 2 is 1.44 bits per heavy atom. The lowest BCUT2D eigenvalue weighted by atomic mass is 9.44. The van der Waals surface area contributed by atoms with Crippen molar-refractivity contribution < 1.29 is 24.3 Å². The van der Waals surface area contributed by atoms with Crippen LogP contribution in [0.15, 0.2) is 90.5 Å². The zero-order valence-electron chi connectivity index (χ0n) is 27.5. The Balaban J connectivity index is 1.36. The van der Waals surface area contributed by atoms with Gasteiger partial charge in [-0.15, -0.1) is 0 Å². The van der Waals surface area contributed by atoms with E-state index in [9.17, 15) is 14.7 Å². The number of carbonyl (C=O) groups excluding carboxylic acids is 4. The van der Waals surface area contributed by atoms with E-state index in [1.54, 1.807) is 11.0 Å². The molecule has 6 heteroatoms. The van der Waals surface area contributed by atoms with Crippen molar-refractivity contribution >= 4 is 29.0 Å². The van der Waals surface area contributed by atoms with Crippen LogP contribution in [0.25, 0.3) is 5.57 Å². The highest BCUT2D eigenvalue weighted by Gasteiger charge is 2.66. The second kappa shape index (κ2) is 11.5. The summed E-state index contributed by atoms with van der Waals surface area (Å²) in [5.74, 6) is -2.95. The molecule has 1 N–H and O–H groups in total. The van der Waals surface area contributed by atoms with Crippen molar-refractivity contribution in [2.45, 2.75) is 76.2 Å². The van der Waals surface area contributed by atoms with Gasteiger partial charge in [0.1, 0.15) is 5.75 Å². The van der Waals surface area contributed by atoms with Gasteiger partial charge in [0.05, 0.1) is 17.3 Å². The van der Waals surface area contributed by atoms with Crippen LogP contribution < -0.4 is 0 Å². The molecule has 2 amide bonds. The number of phenols is 1. The Morgan fingerprint density at radius 1 is 0.792 bits per heavy atom. The molecule has 0 aromatic heterocycles. The minimum atomic E-state index is -1.27. The fourth-order valence-corrected chi connectivity index (χ4v) is 10.1. The van der Waals surface area contributed by atoms with Crippen LogP contribution in [0.3, 0.4) is 0 Å². The third-order valence-corrected chi connectivity index (χ3v) is 12.2. The van der Waals surface area contributed by atoms with Crippen molar-refractivity contribution in [2.24, 2.45) is 23.7 Å². The number of likely N-dealkylation sites (tertiary alicyclic amines) is 1. The van der Waals surface area contributed by atoms with Crippen LogP contribution in [0.5, 0.6) is 5.75 Å². The molecule has 0 unspecified atom stereocenters. The SMILES string of the molecule is Cc1cc([C@H]2C3=CC[C@@H]4C(=O)N(C5CCCCC5)C(=O)[C@@H]4[C@@H]3C[C@H]3C(=O)C(c4ccccc4)=CC(=O)[C@@]23c2ccccc2)cc(C)c1O. The first-order valence-corrected chi connectivity index (χ1v) is 17.5. The molecule has 3 fully saturated rings. The predicted molar refractivity (Wildman–Crippen MR) is 183 cm³/mol. The number of phenolic OH excluding ortho intramolecular Hbond substituents is 1. The Kier molecular flexibility index (Phi) is 7.39. The van der Waals surface area contributed by atoms with Crippen LogP contribution in [0.1, 0.15) is 78.7 Å². The molecule has 5 aliphatic rings. The number of allylic oxidation sites excluding steroid dienone is 4. The van der Waals surface area contributed by atoms with Gasteiger partial charge in [-0.3, -0.25) is 24.1 Å². The molecule has 6 nitrogen and oxygen atoms in total. The van der Waals surface area contributed by atoms with Crippen molar-refractivity contribution in [2.75, 3.05) is 0 Å². The summed E-state index contributed by atoms with van der Waals surface area (Å²) in [5.41, 5.74) is 3.77. The topological polar surface area (TPSA) is 91.8 Å². The number of aryl methyl sites for hydroxylation is 2. The normalized spacial score (nSPS) is 30.4. The first-order chi connectivity index (χ1) is 23.2. The van der Waals surface area contributed by atoms with Crippen LogP contribution >= 0.6 is 0 Å². The van der Waals surface area contributed by atoms with Gasteiger partial charge in [0.2, 0.25) is 11.8 Å². The van der Waals surface area contributed by atoms with Gasteiger partial charge in [-0.05, 0) is 79.3 Å². The predicted octanol–water partition coefficient (Wildman–Crippen LogP) is 7.17. The molecule has 0 bridgehead atoms. The monoisotopic (exact) mass is 639 g/mol. The minimum Gasteiger partial charge on any atom is -0.507 e. The van der Waals surface area contributed by atoms with Gasteiger partial charge >= 0.3 is 0 Å². The van der Waals surface area contributed by atoms with E-state index >= 15 is 9.59 Å². The molecule has 48 heavy (non-hydrogen) atoms. The van der Waals surface area contributed by atoms with Crippen molar-refractivity contribution in [1.29, 1.82) is 0 Å². The van der Waals surface area contributed by atoms with Crippen molar-refractivity contribution in [3.63, 3.8) is 0 Å². The van der Waals surface area contributed by atoms with E-state index in [2.05, 4.69) is 6.08 Å². The summed E-state index contributed by atoms with van der Waals surface area (Å²) in [4.78, 5) is 60.3. The van der Waals surface area contributed by atoms with E-state index in [0.29, 0.717) is 35.1 Å². The Morgan fingerprint density at radius 3 is 2.10 bits per heavy atom. The first-order valence-electron chi connectivity index (χ1n) is 17.5. The maximum atomic E-state index is 15.1. The summed E-state index contributed by atoms with van der Waals surface area (Å²) >= 11 is 0. The van der Waals surface area contributed by atoms with Crippen LogP contribution in [0.4, 0.5) is 0 Å². The first kappa shape index (κ1) is 30.7. The second-order valence-electron chi connectivity index (χ2n) is 14.6. The third-order valence-electron chi connectivity index (χ3n) is 12.2. The Labute approximate surface area is 281 Å². The highest BCUT2D eigenvalue weighted by atomic mass is 16.3. The van der Waals surface area contributed by atoms with Crippen LogP contribution in [0, 0.1) is 37.5 Å². The number of Topliss-reactive ketones (excluding diaryl/α,β-unsaturated/α-hetero) is 1. The Bertz CT molecular complexity index is 1880. The quantitative estimate of drug-likeness (QED) is 0.242. The molecule has 8 rings (SSSR count). The van der Waals surface area contributed by atoms with Gasteiger partial charge in [-0.25, -0.2) is 0 Å². The van der Waals surface area contributed by atoms with Crippen LogP contribution in [-0.4, -0.2) is 39.4 Å². The van der Waals surface area contributed by atoms with Gasteiger partial charge < -0.3 is 5.11 Å². The lowest BCUT2D eigenvalue weighted by Gasteiger charge is -2.55. The number of hydrogen-bond donors (Lipinski definition) is 1. The minimum absolute atomic E-state index is 0.0662. The van der Waals surface area contributed by atoms with Gasteiger partial charge in [0.25, 0.3) is 0 Å². The number of benzene rings is 3. The molecule has 1 aliphatic heterocycles. The summed E-state index contributed by atoms with van der Waals surface area (Å²) in [5, 5.41) is 10.8. The van der Waals surface area contributed by atoms with Gasteiger partial charge in [-0.1, -0.05) is 104 Å². The summed E-state index contributed by atoms with van der Waals surface area (Å²) in [6.45, 7) is 3.71. The highest BCUT2D eigenvalue weighted by molar-refractivity contribution is 6.31. The van der Waals surface area contributed by atoms with E-state index in [1.807, 2.05) is 86.6 Å². The molecule has 1 saturated heterocycles. The maximum Gasteiger partial charge on any atom is 0.233 e. The van der Waals surface area contributed by atoms with Crippen molar-refractivity contribution in [3.8, 4) is 5.75 Å². The molecule has 4 aliphatic carbocycles. The summed E-state index contributed by atoms with van der Waals surface area (Å²) < 4.78 is 0. The number of carbonyl (C=O) groups is 4. The summed E-state index contributed by atoms with van der Waals surface area (Å²) in [6, 6.07) is 22.8. The molecule has 0 radical (unpaired) electrons. The Hall–Kier alpha value is -4.58. The van der Waals surface area contributed by atoms with E-state index < -0.39 is 29.1 Å². The van der Waals surface area contributed by atoms with Crippen molar-refractivity contribution in [1.82, 2.24) is 4.90 Å². The zero-order valence-corrected chi connectivity index (χ0v) is 27.5. The average molecular weight is 640 g/mol. The van der Waals surface area contributed by atoms with Gasteiger partial charge in [0.15, 0.2) is 11.6 Å². The number of nitrogens with zero attached hydrogens (tertiary/aromatic N) is 1. The average Bonchev–Trinajstić information content (AvgIpc) is 3.37. The summed E-state index contributed by atoms with van der Waals surface area (Å²) in [7, 11) is 0. The molecular formula is C42H41NO5. The third kappa shape index (κ3) is 4.37. The van der Waals surface area contributed by atoms with E-state index in [0.717, 1.165) is 48.8 Å². The number of amides is 2. The standard InChI is InChI=1S/C42H41NO5/c1-24-20-27(21-25(2)38(24)45)37-30-18-19-31-36(41(48)43(40(31)47)29-16-10-5-11-17-29)33(30)22-34-39(46)32(26-12-6-3-7-13-26)23-35(44)42(34,37)28-14-8-4-9-15-28/h3-4,6-9,12-15,18,20-21,23,29,31,33-34,36-37,45H,5,10-11,16-17,19,22H2,1-2H3/t31-,33+,34-,36-,37-,42-/m0/s1. The molecule has 0 spiro atoms. The van der Waals surface area contributed by atoms with Crippen LogP contribution in [-0.2, 0) is 24.6 Å². The van der Waals surface area contributed by atoms with Gasteiger partial charge in [-0.2, -0.15) is 0 Å². The number of rotatable bonds is 4. The lowest BCUT2D eigenvalue weighted by Crippen LogP contribution is -2.58. The van der Waals surface area contributed by atoms with Gasteiger partial charge in [0, 0.05) is 23.5 Å².